The van der Waals surface area contributed by atoms with Gasteiger partial charge in [-0.3, -0.25) is 0 Å². The smallest absolute Gasteiger partial charge is 0.478 e. The highest BCUT2D eigenvalue weighted by molar-refractivity contribution is 6.04. The van der Waals surface area contributed by atoms with Crippen LogP contribution in [0, 0.1) is 0 Å². The molecule has 0 amide bonds. The van der Waals surface area contributed by atoms with E-state index in [-0.39, 0.29) is 11.3 Å². The molecule has 3 rings (SSSR count). The maximum absolute atomic E-state index is 12.2. The molecule has 0 radical (unpaired) electrons. The van der Waals surface area contributed by atoms with Crippen molar-refractivity contribution in [3.8, 4) is 16.9 Å². The molecule has 7 heteroatoms. The predicted molar refractivity (Wildman–Crippen MR) is 82.0 cm³/mol. The summed E-state index contributed by atoms with van der Waals surface area (Å²) in [4.78, 5) is 11.3. The fourth-order valence-electron chi connectivity index (χ4n) is 2.59. The summed E-state index contributed by atoms with van der Waals surface area (Å²) in [5.41, 5.74) is 2.29. The van der Waals surface area contributed by atoms with Crippen LogP contribution >= 0.6 is 0 Å². The van der Waals surface area contributed by atoms with Gasteiger partial charge in [0.2, 0.25) is 0 Å². The van der Waals surface area contributed by atoms with Gasteiger partial charge in [0.25, 0.3) is 0 Å². The zero-order chi connectivity index (χ0) is 17.5. The van der Waals surface area contributed by atoms with Crippen LogP contribution in [0.25, 0.3) is 22.0 Å². The molecule has 0 saturated heterocycles. The Hall–Kier alpha value is -2.96. The molecule has 0 aliphatic heterocycles. The van der Waals surface area contributed by atoms with Crippen molar-refractivity contribution in [2.45, 2.75) is 6.36 Å². The molecule has 124 valence electrons. The first-order valence-electron chi connectivity index (χ1n) is 6.93. The van der Waals surface area contributed by atoms with E-state index in [2.05, 4.69) is 4.74 Å². The first-order chi connectivity index (χ1) is 11.2. The number of ether oxygens (including phenoxy) is 1. The van der Waals surface area contributed by atoms with Gasteiger partial charge in [-0.1, -0.05) is 18.2 Å². The lowest BCUT2D eigenvalue weighted by molar-refractivity contribution is -0.274. The molecule has 0 saturated carbocycles. The Morgan fingerprint density at radius 1 is 1.08 bits per heavy atom. The lowest BCUT2D eigenvalue weighted by Gasteiger charge is -2.09. The van der Waals surface area contributed by atoms with Gasteiger partial charge in [-0.2, -0.15) is 0 Å². The minimum Gasteiger partial charge on any atom is -0.478 e. The number of benzene rings is 2. The number of carboxylic acid groups (broad SMARTS) is 1. The maximum Gasteiger partial charge on any atom is 0.573 e. The summed E-state index contributed by atoms with van der Waals surface area (Å²) in [6.07, 6.45) is -3.21. The van der Waals surface area contributed by atoms with Crippen LogP contribution in [0.4, 0.5) is 13.2 Å². The van der Waals surface area contributed by atoms with E-state index in [0.29, 0.717) is 16.5 Å². The van der Waals surface area contributed by atoms with E-state index in [4.69, 9.17) is 0 Å². The average molecular weight is 335 g/mol. The third-order valence-electron chi connectivity index (χ3n) is 3.64. The number of halogens is 3. The minimum atomic E-state index is -4.74. The topological polar surface area (TPSA) is 51.5 Å². The molecule has 1 N–H and O–H groups in total. The number of rotatable bonds is 3. The zero-order valence-electron chi connectivity index (χ0n) is 12.5. The Morgan fingerprint density at radius 3 is 2.29 bits per heavy atom. The molecule has 1 aromatic heterocycles. The van der Waals surface area contributed by atoms with Gasteiger partial charge in [0.1, 0.15) is 5.75 Å². The lowest BCUT2D eigenvalue weighted by atomic mass is 10.0. The van der Waals surface area contributed by atoms with Crippen LogP contribution < -0.4 is 4.74 Å². The molecule has 4 nitrogen and oxygen atoms in total. The second kappa shape index (κ2) is 5.59. The molecule has 0 spiro atoms. The number of hydrogen-bond acceptors (Lipinski definition) is 2. The van der Waals surface area contributed by atoms with Crippen molar-refractivity contribution >= 4 is 16.9 Å². The van der Waals surface area contributed by atoms with Crippen molar-refractivity contribution in [3.05, 3.63) is 54.2 Å². The zero-order valence-corrected chi connectivity index (χ0v) is 12.5. The molecule has 0 fully saturated rings. The highest BCUT2D eigenvalue weighted by atomic mass is 19.4. The number of aryl methyl sites for hydroxylation is 1. The second-order valence-corrected chi connectivity index (χ2v) is 5.26. The number of nitrogens with zero attached hydrogens (tertiary/aromatic N) is 1. The molecule has 0 unspecified atom stereocenters. The molecule has 0 bridgehead atoms. The Kier molecular flexibility index (Phi) is 3.71. The average Bonchev–Trinajstić information content (AvgIpc) is 2.83. The maximum atomic E-state index is 12.2. The Morgan fingerprint density at radius 2 is 1.71 bits per heavy atom. The third-order valence-corrected chi connectivity index (χ3v) is 3.64. The Bertz CT molecular complexity index is 911. The molecular formula is C17H12F3NO3. The van der Waals surface area contributed by atoms with E-state index >= 15 is 0 Å². The summed E-state index contributed by atoms with van der Waals surface area (Å²) in [5, 5.41) is 9.83. The Balaban J connectivity index is 2.00. The van der Waals surface area contributed by atoms with E-state index in [1.54, 1.807) is 29.8 Å². The van der Waals surface area contributed by atoms with Crippen molar-refractivity contribution < 1.29 is 27.8 Å². The fourth-order valence-corrected chi connectivity index (χ4v) is 2.59. The van der Waals surface area contributed by atoms with Crippen LogP contribution in [0.3, 0.4) is 0 Å². The van der Waals surface area contributed by atoms with Gasteiger partial charge in [0.15, 0.2) is 0 Å². The summed E-state index contributed by atoms with van der Waals surface area (Å²) in [5.74, 6) is -1.34. The van der Waals surface area contributed by atoms with E-state index in [0.717, 1.165) is 5.52 Å². The summed E-state index contributed by atoms with van der Waals surface area (Å²) in [6.45, 7) is 0. The second-order valence-electron chi connectivity index (χ2n) is 5.26. The summed E-state index contributed by atoms with van der Waals surface area (Å²) >= 11 is 0. The number of hydrogen-bond donors (Lipinski definition) is 1. The molecule has 3 aromatic rings. The predicted octanol–water partition coefficient (Wildman–Crippen LogP) is 4.44. The monoisotopic (exact) mass is 335 g/mol. The number of aromatic nitrogens is 1. The van der Waals surface area contributed by atoms with Gasteiger partial charge in [-0.15, -0.1) is 13.2 Å². The van der Waals surface area contributed by atoms with Crippen molar-refractivity contribution in [1.82, 2.24) is 4.57 Å². The van der Waals surface area contributed by atoms with E-state index in [9.17, 15) is 23.1 Å². The van der Waals surface area contributed by atoms with Crippen LogP contribution in [-0.2, 0) is 7.05 Å². The quantitative estimate of drug-likeness (QED) is 0.770. The molecule has 0 aliphatic rings. The number of carbonyl (C=O) groups is 1. The van der Waals surface area contributed by atoms with Crippen LogP contribution in [0.5, 0.6) is 5.75 Å². The first-order valence-corrected chi connectivity index (χ1v) is 6.93. The van der Waals surface area contributed by atoms with Crippen LogP contribution in [0.1, 0.15) is 10.4 Å². The fraction of sp³-hybridized carbons (Fsp3) is 0.118. The number of fused-ring (bicyclic) bond motifs is 1. The van der Waals surface area contributed by atoms with Gasteiger partial charge in [-0.25, -0.2) is 4.79 Å². The van der Waals surface area contributed by atoms with E-state index in [1.165, 1.54) is 30.5 Å². The van der Waals surface area contributed by atoms with Crippen LogP contribution in [-0.4, -0.2) is 22.0 Å². The number of aromatic carboxylic acids is 1. The normalized spacial score (nSPS) is 11.7. The Labute approximate surface area is 134 Å². The van der Waals surface area contributed by atoms with Crippen LogP contribution in [0.15, 0.2) is 48.7 Å². The molecule has 1 heterocycles. The van der Waals surface area contributed by atoms with Gasteiger partial charge < -0.3 is 14.4 Å². The van der Waals surface area contributed by atoms with Gasteiger partial charge in [0, 0.05) is 24.1 Å². The molecule has 2 aromatic carbocycles. The van der Waals surface area contributed by atoms with Gasteiger partial charge in [-0.05, 0) is 35.4 Å². The minimum absolute atomic E-state index is 0.173. The molecular weight excluding hydrogens is 323 g/mol. The van der Waals surface area contributed by atoms with Crippen molar-refractivity contribution in [3.63, 3.8) is 0 Å². The highest BCUT2D eigenvalue weighted by Crippen LogP contribution is 2.30. The van der Waals surface area contributed by atoms with Gasteiger partial charge >= 0.3 is 12.3 Å². The van der Waals surface area contributed by atoms with Gasteiger partial charge in [0.05, 0.1) is 5.56 Å². The van der Waals surface area contributed by atoms with Crippen LogP contribution in [0.2, 0.25) is 0 Å². The third kappa shape index (κ3) is 3.05. The number of alkyl halides is 3. The first kappa shape index (κ1) is 15.9. The lowest BCUT2D eigenvalue weighted by Crippen LogP contribution is -2.16. The summed E-state index contributed by atoms with van der Waals surface area (Å²) in [6, 6.07) is 10.7. The van der Waals surface area contributed by atoms with Crippen molar-refractivity contribution in [2.75, 3.05) is 0 Å². The van der Waals surface area contributed by atoms with E-state index in [1.807, 2.05) is 0 Å². The molecule has 0 atom stereocenters. The molecule has 0 aliphatic carbocycles. The summed E-state index contributed by atoms with van der Waals surface area (Å²) in [7, 11) is 1.75. The van der Waals surface area contributed by atoms with Crippen molar-refractivity contribution in [1.29, 1.82) is 0 Å². The standard InChI is InChI=1S/C17H12F3NO3/c1-21-9-14(16(22)23)13-8-11(4-7-15(13)21)10-2-5-12(6-3-10)24-17(18,19)20/h2-9H,1H3,(H,22,23). The van der Waals surface area contributed by atoms with Crippen molar-refractivity contribution in [2.24, 2.45) is 7.05 Å². The largest absolute Gasteiger partial charge is 0.573 e. The SMILES string of the molecule is Cn1cc(C(=O)O)c2cc(-c3ccc(OC(F)(F)F)cc3)ccc21. The molecule has 24 heavy (non-hydrogen) atoms. The van der Waals surface area contributed by atoms with E-state index < -0.39 is 12.3 Å². The number of carboxylic acids is 1. The summed E-state index contributed by atoms with van der Waals surface area (Å²) < 4.78 is 42.1. The highest BCUT2D eigenvalue weighted by Gasteiger charge is 2.30.